The molecule has 0 radical (unpaired) electrons. The molecule has 0 bridgehead atoms. The maximum absolute atomic E-state index is 13.3. The van der Waals surface area contributed by atoms with Gasteiger partial charge in [-0.15, -0.1) is 0 Å². The molecule has 6 heteroatoms. The molecule has 0 spiro atoms. The Bertz CT molecular complexity index is 1230. The standard InChI is InChI=1S/C28H27NO5/c1-4-33-21-14-10-19(11-15-21)26(30)24-25(23-9-7-6-8-18(23)3)29(28(32)27(24)31)20-12-16-22(17-13-20)34-5-2/h6-17,25,30H,4-5H2,1-3H3/b26-24-. The third-order valence-corrected chi connectivity index (χ3v) is 5.79. The first-order valence-electron chi connectivity index (χ1n) is 11.3. The van der Waals surface area contributed by atoms with Gasteiger partial charge in [0.25, 0.3) is 11.7 Å². The number of carbonyl (C=O) groups is 2. The van der Waals surface area contributed by atoms with Crippen molar-refractivity contribution in [3.05, 3.63) is 95.1 Å². The first-order valence-corrected chi connectivity index (χ1v) is 11.3. The summed E-state index contributed by atoms with van der Waals surface area (Å²) in [6, 6.07) is 20.6. The predicted octanol–water partition coefficient (Wildman–Crippen LogP) is 5.42. The maximum Gasteiger partial charge on any atom is 0.300 e. The number of rotatable bonds is 7. The molecule has 1 N–H and O–H groups in total. The Kier molecular flexibility index (Phi) is 6.68. The summed E-state index contributed by atoms with van der Waals surface area (Å²) in [5.41, 5.74) is 2.71. The molecule has 0 saturated carbocycles. The van der Waals surface area contributed by atoms with Gasteiger partial charge in [0.2, 0.25) is 0 Å². The van der Waals surface area contributed by atoms with Gasteiger partial charge < -0.3 is 14.6 Å². The fourth-order valence-corrected chi connectivity index (χ4v) is 4.19. The Balaban J connectivity index is 1.86. The van der Waals surface area contributed by atoms with Crippen molar-refractivity contribution in [1.82, 2.24) is 0 Å². The number of Topliss-reactive ketones (excluding diaryl/α,β-unsaturated/α-hetero) is 1. The number of anilines is 1. The molecular formula is C28H27NO5. The van der Waals surface area contributed by atoms with Crippen molar-refractivity contribution in [2.75, 3.05) is 18.1 Å². The third kappa shape index (κ3) is 4.27. The molecule has 34 heavy (non-hydrogen) atoms. The van der Waals surface area contributed by atoms with E-state index >= 15 is 0 Å². The van der Waals surface area contributed by atoms with Crippen LogP contribution in [0.4, 0.5) is 5.69 Å². The number of ketones is 1. The van der Waals surface area contributed by atoms with Crippen LogP contribution in [0.25, 0.3) is 5.76 Å². The molecule has 1 atom stereocenters. The Hall–Kier alpha value is -4.06. The third-order valence-electron chi connectivity index (χ3n) is 5.79. The highest BCUT2D eigenvalue weighted by atomic mass is 16.5. The highest BCUT2D eigenvalue weighted by Crippen LogP contribution is 2.43. The average molecular weight is 458 g/mol. The van der Waals surface area contributed by atoms with Gasteiger partial charge in [-0.05, 0) is 80.4 Å². The van der Waals surface area contributed by atoms with E-state index in [4.69, 9.17) is 9.47 Å². The van der Waals surface area contributed by atoms with E-state index in [0.29, 0.717) is 36.0 Å². The normalized spacial score (nSPS) is 17.1. The number of amides is 1. The molecule has 4 rings (SSSR count). The lowest BCUT2D eigenvalue weighted by Crippen LogP contribution is -2.29. The van der Waals surface area contributed by atoms with Gasteiger partial charge in [-0.1, -0.05) is 24.3 Å². The Morgan fingerprint density at radius 2 is 1.41 bits per heavy atom. The van der Waals surface area contributed by atoms with Crippen LogP contribution in [0.3, 0.4) is 0 Å². The minimum absolute atomic E-state index is 0.0531. The van der Waals surface area contributed by atoms with E-state index in [9.17, 15) is 14.7 Å². The molecule has 1 aliphatic rings. The van der Waals surface area contributed by atoms with Crippen molar-refractivity contribution in [3.63, 3.8) is 0 Å². The first-order chi connectivity index (χ1) is 16.5. The van der Waals surface area contributed by atoms with E-state index in [1.54, 1.807) is 48.5 Å². The summed E-state index contributed by atoms with van der Waals surface area (Å²) in [4.78, 5) is 28.0. The maximum atomic E-state index is 13.3. The number of aryl methyl sites for hydroxylation is 1. The molecule has 3 aromatic rings. The van der Waals surface area contributed by atoms with Crippen molar-refractivity contribution in [2.24, 2.45) is 0 Å². The lowest BCUT2D eigenvalue weighted by molar-refractivity contribution is -0.132. The first kappa shape index (κ1) is 23.1. The summed E-state index contributed by atoms with van der Waals surface area (Å²) in [7, 11) is 0. The quantitative estimate of drug-likeness (QED) is 0.291. The predicted molar refractivity (Wildman–Crippen MR) is 131 cm³/mol. The second kappa shape index (κ2) is 9.83. The van der Waals surface area contributed by atoms with Crippen LogP contribution < -0.4 is 14.4 Å². The van der Waals surface area contributed by atoms with Crippen LogP contribution in [0, 0.1) is 6.92 Å². The molecule has 1 fully saturated rings. The topological polar surface area (TPSA) is 76.1 Å². The van der Waals surface area contributed by atoms with Crippen molar-refractivity contribution in [1.29, 1.82) is 0 Å². The van der Waals surface area contributed by atoms with Crippen LogP contribution in [0.5, 0.6) is 11.5 Å². The zero-order valence-electron chi connectivity index (χ0n) is 19.4. The summed E-state index contributed by atoms with van der Waals surface area (Å²) in [6.45, 7) is 6.75. The van der Waals surface area contributed by atoms with E-state index in [2.05, 4.69) is 0 Å². The lowest BCUT2D eigenvalue weighted by atomic mass is 9.92. The summed E-state index contributed by atoms with van der Waals surface area (Å²) in [5.74, 6) is -0.310. The zero-order valence-corrected chi connectivity index (χ0v) is 19.4. The van der Waals surface area contributed by atoms with Crippen molar-refractivity contribution in [2.45, 2.75) is 26.8 Å². The van der Waals surface area contributed by atoms with Gasteiger partial charge in [0.1, 0.15) is 17.3 Å². The number of hydrogen-bond donors (Lipinski definition) is 1. The fourth-order valence-electron chi connectivity index (χ4n) is 4.19. The minimum atomic E-state index is -0.772. The van der Waals surface area contributed by atoms with E-state index in [0.717, 1.165) is 11.1 Å². The summed E-state index contributed by atoms with van der Waals surface area (Å²) >= 11 is 0. The highest BCUT2D eigenvalue weighted by Gasteiger charge is 2.47. The molecule has 0 aliphatic carbocycles. The summed E-state index contributed by atoms with van der Waals surface area (Å²) in [5, 5.41) is 11.2. The smallest absolute Gasteiger partial charge is 0.300 e. The van der Waals surface area contributed by atoms with Gasteiger partial charge in [0.05, 0.1) is 24.8 Å². The van der Waals surface area contributed by atoms with Crippen LogP contribution in [0.15, 0.2) is 78.4 Å². The number of benzene rings is 3. The summed E-state index contributed by atoms with van der Waals surface area (Å²) < 4.78 is 11.0. The largest absolute Gasteiger partial charge is 0.507 e. The molecular weight excluding hydrogens is 430 g/mol. The molecule has 1 amide bonds. The van der Waals surface area contributed by atoms with Gasteiger partial charge in [0.15, 0.2) is 0 Å². The number of ether oxygens (including phenoxy) is 2. The van der Waals surface area contributed by atoms with Crippen LogP contribution in [0.2, 0.25) is 0 Å². The molecule has 1 unspecified atom stereocenters. The number of hydrogen-bond acceptors (Lipinski definition) is 5. The molecule has 174 valence electrons. The van der Waals surface area contributed by atoms with Gasteiger partial charge >= 0.3 is 0 Å². The van der Waals surface area contributed by atoms with Crippen LogP contribution >= 0.6 is 0 Å². The van der Waals surface area contributed by atoms with E-state index in [1.165, 1.54) is 4.90 Å². The molecule has 1 aliphatic heterocycles. The van der Waals surface area contributed by atoms with Crippen LogP contribution in [0.1, 0.15) is 36.6 Å². The second-order valence-corrected chi connectivity index (χ2v) is 7.91. The number of carbonyl (C=O) groups excluding carboxylic acids is 2. The Labute approximate surface area is 199 Å². The number of aliphatic hydroxyl groups is 1. The molecule has 3 aromatic carbocycles. The zero-order chi connectivity index (χ0) is 24.2. The van der Waals surface area contributed by atoms with Gasteiger partial charge in [-0.3, -0.25) is 14.5 Å². The summed E-state index contributed by atoms with van der Waals surface area (Å²) in [6.07, 6.45) is 0. The Morgan fingerprint density at radius 1 is 0.853 bits per heavy atom. The monoisotopic (exact) mass is 457 g/mol. The van der Waals surface area contributed by atoms with Gasteiger partial charge in [0, 0.05) is 11.3 Å². The van der Waals surface area contributed by atoms with Crippen LogP contribution in [-0.2, 0) is 9.59 Å². The van der Waals surface area contributed by atoms with Crippen molar-refractivity contribution >= 4 is 23.1 Å². The molecule has 0 aromatic heterocycles. The highest BCUT2D eigenvalue weighted by molar-refractivity contribution is 6.51. The van der Waals surface area contributed by atoms with E-state index in [1.807, 2.05) is 45.0 Å². The average Bonchev–Trinajstić information content (AvgIpc) is 3.10. The number of aliphatic hydroxyl groups excluding tert-OH is 1. The minimum Gasteiger partial charge on any atom is -0.507 e. The van der Waals surface area contributed by atoms with E-state index < -0.39 is 17.7 Å². The van der Waals surface area contributed by atoms with Gasteiger partial charge in [-0.2, -0.15) is 0 Å². The fraction of sp³-hybridized carbons (Fsp3) is 0.214. The van der Waals surface area contributed by atoms with E-state index in [-0.39, 0.29) is 11.3 Å². The van der Waals surface area contributed by atoms with Gasteiger partial charge in [-0.25, -0.2) is 0 Å². The lowest BCUT2D eigenvalue weighted by Gasteiger charge is -2.26. The number of nitrogens with zero attached hydrogens (tertiary/aromatic N) is 1. The SMILES string of the molecule is CCOc1ccc(/C(O)=C2/C(=O)C(=O)N(c3ccc(OCC)cc3)C2c2ccccc2C)cc1. The molecule has 6 nitrogen and oxygen atoms in total. The second-order valence-electron chi connectivity index (χ2n) is 7.91. The molecule has 1 heterocycles. The molecule has 1 saturated heterocycles. The Morgan fingerprint density at radius 3 is 1.97 bits per heavy atom. The van der Waals surface area contributed by atoms with Crippen molar-refractivity contribution < 1.29 is 24.2 Å². The van der Waals surface area contributed by atoms with Crippen molar-refractivity contribution in [3.8, 4) is 11.5 Å². The van der Waals surface area contributed by atoms with Crippen LogP contribution in [-0.4, -0.2) is 30.0 Å².